The molecule has 1 unspecified atom stereocenters. The first-order valence-corrected chi connectivity index (χ1v) is 10.2. The van der Waals surface area contributed by atoms with Crippen molar-refractivity contribution in [3.8, 4) is 11.5 Å². The molecule has 1 aromatic heterocycles. The smallest absolute Gasteiger partial charge is 0.274 e. The maximum absolute atomic E-state index is 12.6. The molecule has 0 fully saturated rings. The number of benzene rings is 2. The fourth-order valence-electron chi connectivity index (χ4n) is 3.15. The van der Waals surface area contributed by atoms with E-state index in [1.165, 1.54) is 18.2 Å². The van der Waals surface area contributed by atoms with E-state index in [1.54, 1.807) is 31.6 Å². The maximum Gasteiger partial charge on any atom is 0.274 e. The van der Waals surface area contributed by atoms with Crippen LogP contribution < -0.4 is 20.3 Å². The number of rotatable bonds is 9. The van der Waals surface area contributed by atoms with E-state index in [-0.39, 0.29) is 11.5 Å². The van der Waals surface area contributed by atoms with Crippen LogP contribution in [0, 0.1) is 0 Å². The van der Waals surface area contributed by atoms with E-state index in [4.69, 9.17) is 19.1 Å². The van der Waals surface area contributed by atoms with Gasteiger partial charge in [0.1, 0.15) is 22.8 Å². The van der Waals surface area contributed by atoms with Crippen LogP contribution in [0.5, 0.6) is 11.5 Å². The van der Waals surface area contributed by atoms with E-state index in [9.17, 15) is 9.59 Å². The maximum atomic E-state index is 12.6. The highest BCUT2D eigenvalue weighted by Gasteiger charge is 2.14. The van der Waals surface area contributed by atoms with Crippen LogP contribution in [0.4, 0.5) is 0 Å². The molecule has 0 saturated carbocycles. The standard InChI is InChI=1S/C24H26N2O6/c1-4-5-23(31-18-8-6-16(7-9-18)24(28)26-29)25-22(27)12-15(2)21-14-17-13-19(30-3)10-11-20(17)32-21/h6-14,23,29H,4-5H2,1-3H3,(H,25,27)(H,26,28)/b15-12-. The second-order valence-corrected chi connectivity index (χ2v) is 7.21. The molecule has 0 aliphatic rings. The summed E-state index contributed by atoms with van der Waals surface area (Å²) >= 11 is 0. The molecule has 0 bridgehead atoms. The first-order chi connectivity index (χ1) is 15.4. The first-order valence-electron chi connectivity index (χ1n) is 10.2. The Balaban J connectivity index is 1.68. The van der Waals surface area contributed by atoms with Crippen LogP contribution in [0.1, 0.15) is 42.8 Å². The highest BCUT2D eigenvalue weighted by atomic mass is 16.5. The van der Waals surface area contributed by atoms with Gasteiger partial charge in [0.15, 0.2) is 6.23 Å². The van der Waals surface area contributed by atoms with E-state index in [0.29, 0.717) is 29.1 Å². The van der Waals surface area contributed by atoms with Crippen molar-refractivity contribution in [1.82, 2.24) is 10.8 Å². The van der Waals surface area contributed by atoms with E-state index < -0.39 is 12.1 Å². The second-order valence-electron chi connectivity index (χ2n) is 7.21. The number of carbonyl (C=O) groups is 2. The van der Waals surface area contributed by atoms with Crippen LogP contribution in [0.3, 0.4) is 0 Å². The van der Waals surface area contributed by atoms with Crippen LogP contribution in [0.2, 0.25) is 0 Å². The van der Waals surface area contributed by atoms with Crippen molar-refractivity contribution < 1.29 is 28.7 Å². The van der Waals surface area contributed by atoms with Crippen molar-refractivity contribution in [2.75, 3.05) is 7.11 Å². The molecule has 3 rings (SSSR count). The van der Waals surface area contributed by atoms with Gasteiger partial charge in [0.25, 0.3) is 5.91 Å². The zero-order chi connectivity index (χ0) is 23.1. The molecule has 0 radical (unpaired) electrons. The second kappa shape index (κ2) is 10.5. The number of carbonyl (C=O) groups excluding carboxylic acids is 2. The Labute approximate surface area is 185 Å². The number of hydroxylamine groups is 1. The normalized spacial score (nSPS) is 12.3. The minimum atomic E-state index is -0.611. The number of ether oxygens (including phenoxy) is 2. The Bertz CT molecular complexity index is 1120. The summed E-state index contributed by atoms with van der Waals surface area (Å²) in [6, 6.07) is 13.6. The van der Waals surface area contributed by atoms with Crippen molar-refractivity contribution in [2.45, 2.75) is 32.9 Å². The minimum absolute atomic E-state index is 0.290. The van der Waals surface area contributed by atoms with Crippen molar-refractivity contribution in [3.05, 3.63) is 65.9 Å². The van der Waals surface area contributed by atoms with Gasteiger partial charge in [-0.2, -0.15) is 0 Å². The average Bonchev–Trinajstić information content (AvgIpc) is 3.22. The summed E-state index contributed by atoms with van der Waals surface area (Å²) in [7, 11) is 1.60. The molecule has 3 N–H and O–H groups in total. The third-order valence-corrected chi connectivity index (χ3v) is 4.81. The van der Waals surface area contributed by atoms with Crippen LogP contribution in [-0.2, 0) is 4.79 Å². The van der Waals surface area contributed by atoms with E-state index >= 15 is 0 Å². The zero-order valence-corrected chi connectivity index (χ0v) is 18.2. The molecule has 1 heterocycles. The van der Waals surface area contributed by atoms with Gasteiger partial charge in [-0.1, -0.05) is 13.3 Å². The molecule has 1 atom stereocenters. The van der Waals surface area contributed by atoms with Gasteiger partial charge in [0.05, 0.1) is 7.11 Å². The third-order valence-electron chi connectivity index (χ3n) is 4.81. The van der Waals surface area contributed by atoms with Crippen molar-refractivity contribution in [2.24, 2.45) is 0 Å². The Hall–Kier alpha value is -3.78. The lowest BCUT2D eigenvalue weighted by atomic mass is 10.2. The summed E-state index contributed by atoms with van der Waals surface area (Å²) in [5, 5.41) is 12.4. The minimum Gasteiger partial charge on any atom is -0.497 e. The van der Waals surface area contributed by atoms with Gasteiger partial charge >= 0.3 is 0 Å². The van der Waals surface area contributed by atoms with E-state index in [2.05, 4.69) is 5.32 Å². The van der Waals surface area contributed by atoms with Gasteiger partial charge in [-0.15, -0.1) is 0 Å². The molecule has 32 heavy (non-hydrogen) atoms. The SMILES string of the molecule is CCCC(NC(=O)/C=C(/C)c1cc2cc(OC)ccc2o1)Oc1ccc(C(=O)NO)cc1. The lowest BCUT2D eigenvalue weighted by Crippen LogP contribution is -2.38. The third kappa shape index (κ3) is 5.67. The fraction of sp³-hybridized carbons (Fsp3) is 0.250. The molecule has 0 aliphatic carbocycles. The Morgan fingerprint density at radius 2 is 1.84 bits per heavy atom. The number of methoxy groups -OCH3 is 1. The lowest BCUT2D eigenvalue weighted by molar-refractivity contribution is -0.118. The van der Waals surface area contributed by atoms with Gasteiger partial charge in [-0.3, -0.25) is 14.8 Å². The number of fused-ring (bicyclic) bond motifs is 1. The van der Waals surface area contributed by atoms with Gasteiger partial charge < -0.3 is 19.2 Å². The van der Waals surface area contributed by atoms with Crippen molar-refractivity contribution in [3.63, 3.8) is 0 Å². The van der Waals surface area contributed by atoms with Crippen LogP contribution >= 0.6 is 0 Å². The number of hydrogen-bond acceptors (Lipinski definition) is 6. The molecule has 2 aromatic carbocycles. The monoisotopic (exact) mass is 438 g/mol. The van der Waals surface area contributed by atoms with Gasteiger partial charge in [-0.25, -0.2) is 5.48 Å². The number of hydrogen-bond donors (Lipinski definition) is 3. The average molecular weight is 438 g/mol. The Morgan fingerprint density at radius 1 is 1.12 bits per heavy atom. The van der Waals surface area contributed by atoms with Crippen molar-refractivity contribution in [1.29, 1.82) is 0 Å². The molecule has 0 saturated heterocycles. The van der Waals surface area contributed by atoms with Crippen molar-refractivity contribution >= 4 is 28.4 Å². The number of amides is 2. The molecule has 2 amide bonds. The molecular formula is C24H26N2O6. The van der Waals surface area contributed by atoms with E-state index in [0.717, 1.165) is 17.6 Å². The largest absolute Gasteiger partial charge is 0.497 e. The Morgan fingerprint density at radius 3 is 2.50 bits per heavy atom. The molecular weight excluding hydrogens is 412 g/mol. The molecule has 168 valence electrons. The summed E-state index contributed by atoms with van der Waals surface area (Å²) in [4.78, 5) is 24.0. The number of allylic oxidation sites excluding steroid dienone is 1. The highest BCUT2D eigenvalue weighted by Crippen LogP contribution is 2.27. The summed E-state index contributed by atoms with van der Waals surface area (Å²) in [5.41, 5.74) is 3.25. The summed E-state index contributed by atoms with van der Waals surface area (Å²) in [6.45, 7) is 3.79. The molecule has 8 heteroatoms. The molecule has 0 aliphatic heterocycles. The van der Waals surface area contributed by atoms with Gasteiger partial charge in [-0.05, 0) is 61.0 Å². The lowest BCUT2D eigenvalue weighted by Gasteiger charge is -2.19. The first kappa shape index (κ1) is 22.9. The zero-order valence-electron chi connectivity index (χ0n) is 18.2. The molecule has 8 nitrogen and oxygen atoms in total. The fourth-order valence-corrected chi connectivity index (χ4v) is 3.15. The summed E-state index contributed by atoms with van der Waals surface area (Å²) in [5.74, 6) is 0.892. The predicted octanol–water partition coefficient (Wildman–Crippen LogP) is 4.29. The van der Waals surface area contributed by atoms with Gasteiger partial charge in [0, 0.05) is 23.4 Å². The summed E-state index contributed by atoms with van der Waals surface area (Å²) in [6.07, 6.45) is 2.32. The predicted molar refractivity (Wildman–Crippen MR) is 120 cm³/mol. The molecule has 3 aromatic rings. The highest BCUT2D eigenvalue weighted by molar-refractivity contribution is 5.95. The number of furan rings is 1. The number of nitrogens with one attached hydrogen (secondary N) is 2. The Kier molecular flexibility index (Phi) is 7.51. The van der Waals surface area contributed by atoms with Crippen LogP contribution in [-0.4, -0.2) is 30.4 Å². The quantitative estimate of drug-likeness (QED) is 0.199. The summed E-state index contributed by atoms with van der Waals surface area (Å²) < 4.78 is 16.9. The molecule has 0 spiro atoms. The topological polar surface area (TPSA) is 110 Å². The van der Waals surface area contributed by atoms with Crippen LogP contribution in [0.15, 0.2) is 59.0 Å². The van der Waals surface area contributed by atoms with Crippen LogP contribution in [0.25, 0.3) is 16.5 Å². The van der Waals surface area contributed by atoms with E-state index in [1.807, 2.05) is 31.2 Å². The van der Waals surface area contributed by atoms with Gasteiger partial charge in [0.2, 0.25) is 5.91 Å².